The summed E-state index contributed by atoms with van der Waals surface area (Å²) in [6.45, 7) is 3.58. The van der Waals surface area contributed by atoms with Gasteiger partial charge in [0, 0.05) is 18.5 Å². The van der Waals surface area contributed by atoms with Crippen molar-refractivity contribution in [2.45, 2.75) is 25.3 Å². The lowest BCUT2D eigenvalue weighted by Gasteiger charge is -2.17. The second kappa shape index (κ2) is 5.84. The molecule has 0 amide bonds. The first-order chi connectivity index (χ1) is 9.75. The number of aryl methyl sites for hydroxylation is 2. The van der Waals surface area contributed by atoms with E-state index in [9.17, 15) is 13.2 Å². The van der Waals surface area contributed by atoms with Crippen molar-refractivity contribution in [3.63, 3.8) is 0 Å². The number of hydrogen-bond acceptors (Lipinski definition) is 6. The highest BCUT2D eigenvalue weighted by molar-refractivity contribution is 7.89. The lowest BCUT2D eigenvalue weighted by Crippen LogP contribution is -2.27. The van der Waals surface area contributed by atoms with E-state index in [4.69, 9.17) is 5.11 Å². The third-order valence-corrected chi connectivity index (χ3v) is 7.12. The van der Waals surface area contributed by atoms with Gasteiger partial charge in [-0.1, -0.05) is 0 Å². The number of aromatic carboxylic acids is 1. The van der Waals surface area contributed by atoms with Gasteiger partial charge in [-0.25, -0.2) is 18.2 Å². The highest BCUT2D eigenvalue weighted by Gasteiger charge is 2.30. The van der Waals surface area contributed by atoms with Crippen molar-refractivity contribution >= 4 is 38.7 Å². The number of carboxylic acids is 1. The Bertz CT molecular complexity index is 776. The summed E-state index contributed by atoms with van der Waals surface area (Å²) in [7, 11) is -2.41. The maximum Gasteiger partial charge on any atom is 0.347 e. The van der Waals surface area contributed by atoms with Crippen LogP contribution in [0.5, 0.6) is 0 Å². The fourth-order valence-electron chi connectivity index (χ4n) is 1.82. The minimum atomic E-state index is -3.85. The van der Waals surface area contributed by atoms with Gasteiger partial charge in [0.05, 0.1) is 11.2 Å². The van der Waals surface area contributed by atoms with E-state index in [0.29, 0.717) is 5.56 Å². The van der Waals surface area contributed by atoms with Crippen LogP contribution in [0.25, 0.3) is 0 Å². The summed E-state index contributed by atoms with van der Waals surface area (Å²) in [4.78, 5) is 15.8. The van der Waals surface area contributed by atoms with Gasteiger partial charge >= 0.3 is 5.97 Å². The molecule has 0 saturated carbocycles. The Morgan fingerprint density at radius 2 is 2.05 bits per heavy atom. The lowest BCUT2D eigenvalue weighted by atomic mass is 10.3. The molecule has 0 fully saturated rings. The number of carboxylic acid groups (broad SMARTS) is 1. The summed E-state index contributed by atoms with van der Waals surface area (Å²) in [5, 5.41) is 10.7. The molecule has 0 saturated heterocycles. The van der Waals surface area contributed by atoms with Gasteiger partial charge in [0.15, 0.2) is 0 Å². The molecule has 1 N–H and O–H groups in total. The smallest absolute Gasteiger partial charge is 0.347 e. The third kappa shape index (κ3) is 3.00. The standard InChI is InChI=1S/C12H14N2O4S3/c1-7-5-19-10(12(15)16)11(7)21(17,18)14(3)4-9-8(2)13-6-20-9/h5-6H,4H2,1-3H3,(H,15,16). The number of nitrogens with zero attached hydrogens (tertiary/aromatic N) is 2. The average Bonchev–Trinajstić information content (AvgIpc) is 2.96. The van der Waals surface area contributed by atoms with Crippen LogP contribution in [0, 0.1) is 13.8 Å². The Morgan fingerprint density at radius 3 is 2.57 bits per heavy atom. The summed E-state index contributed by atoms with van der Waals surface area (Å²) in [5.74, 6) is -1.23. The fourth-order valence-corrected chi connectivity index (χ4v) is 5.45. The van der Waals surface area contributed by atoms with Crippen LogP contribution >= 0.6 is 22.7 Å². The molecular weight excluding hydrogens is 332 g/mol. The van der Waals surface area contributed by atoms with E-state index in [1.54, 1.807) is 17.8 Å². The molecule has 0 spiro atoms. The van der Waals surface area contributed by atoms with E-state index in [2.05, 4.69) is 4.98 Å². The number of carbonyl (C=O) groups is 1. The van der Waals surface area contributed by atoms with Crippen molar-refractivity contribution < 1.29 is 18.3 Å². The van der Waals surface area contributed by atoms with Gasteiger partial charge in [-0.3, -0.25) is 0 Å². The average molecular weight is 346 g/mol. The van der Waals surface area contributed by atoms with Crippen LogP contribution in [0.1, 0.15) is 25.8 Å². The molecule has 0 unspecified atom stereocenters. The van der Waals surface area contributed by atoms with Gasteiger partial charge in [-0.15, -0.1) is 22.7 Å². The van der Waals surface area contributed by atoms with Crippen molar-refractivity contribution in [3.8, 4) is 0 Å². The molecular formula is C12H14N2O4S3. The largest absolute Gasteiger partial charge is 0.477 e. The summed E-state index contributed by atoms with van der Waals surface area (Å²) in [6, 6.07) is 0. The Morgan fingerprint density at radius 1 is 1.38 bits per heavy atom. The molecule has 0 atom stereocenters. The normalized spacial score (nSPS) is 12.0. The molecule has 0 aliphatic carbocycles. The zero-order chi connectivity index (χ0) is 15.8. The van der Waals surface area contributed by atoms with E-state index in [1.807, 2.05) is 6.92 Å². The molecule has 0 aromatic carbocycles. The van der Waals surface area contributed by atoms with Crippen LogP contribution in [0.4, 0.5) is 0 Å². The van der Waals surface area contributed by atoms with Crippen LogP contribution in [-0.4, -0.2) is 35.8 Å². The lowest BCUT2D eigenvalue weighted by molar-refractivity contribution is 0.0698. The second-order valence-electron chi connectivity index (χ2n) is 4.50. The number of sulfonamides is 1. The van der Waals surface area contributed by atoms with Crippen LogP contribution < -0.4 is 0 Å². The summed E-state index contributed by atoms with van der Waals surface area (Å²) in [6.07, 6.45) is 0. The molecule has 0 aliphatic heterocycles. The van der Waals surface area contributed by atoms with Gasteiger partial charge in [0.25, 0.3) is 0 Å². The van der Waals surface area contributed by atoms with Crippen molar-refractivity contribution in [2.75, 3.05) is 7.05 Å². The molecule has 114 valence electrons. The van der Waals surface area contributed by atoms with Crippen LogP contribution in [0.15, 0.2) is 15.8 Å². The highest BCUT2D eigenvalue weighted by atomic mass is 32.2. The predicted octanol–water partition coefficient (Wildman–Crippen LogP) is 2.34. The summed E-state index contributed by atoms with van der Waals surface area (Å²) < 4.78 is 26.4. The minimum absolute atomic E-state index is 0.121. The maximum absolute atomic E-state index is 12.6. The quantitative estimate of drug-likeness (QED) is 0.898. The van der Waals surface area contributed by atoms with E-state index < -0.39 is 16.0 Å². The predicted molar refractivity (Wildman–Crippen MR) is 81.5 cm³/mol. The van der Waals surface area contributed by atoms with Crippen molar-refractivity contribution in [1.29, 1.82) is 0 Å². The summed E-state index contributed by atoms with van der Waals surface area (Å²) in [5.41, 5.74) is 2.89. The molecule has 2 aromatic heterocycles. The van der Waals surface area contributed by atoms with Crippen molar-refractivity contribution in [2.24, 2.45) is 0 Å². The van der Waals surface area contributed by atoms with E-state index in [0.717, 1.165) is 26.2 Å². The van der Waals surface area contributed by atoms with Gasteiger partial charge in [0.2, 0.25) is 10.0 Å². The molecule has 0 bridgehead atoms. The van der Waals surface area contributed by atoms with Gasteiger partial charge in [-0.2, -0.15) is 4.31 Å². The Kier molecular flexibility index (Phi) is 4.47. The molecule has 9 heteroatoms. The van der Waals surface area contributed by atoms with Crippen LogP contribution in [0.3, 0.4) is 0 Å². The molecule has 21 heavy (non-hydrogen) atoms. The third-order valence-electron chi connectivity index (χ3n) is 2.99. The van der Waals surface area contributed by atoms with E-state index in [1.165, 1.54) is 18.4 Å². The Hall–Kier alpha value is -1.29. The fraction of sp³-hybridized carbons (Fsp3) is 0.333. The number of thiazole rings is 1. The van der Waals surface area contributed by atoms with Gasteiger partial charge < -0.3 is 5.11 Å². The first kappa shape index (κ1) is 16.1. The SMILES string of the molecule is Cc1csc(C(=O)O)c1S(=O)(=O)N(C)Cc1scnc1C. The summed E-state index contributed by atoms with van der Waals surface area (Å²) >= 11 is 2.30. The second-order valence-corrected chi connectivity index (χ2v) is 8.30. The minimum Gasteiger partial charge on any atom is -0.477 e. The molecule has 0 radical (unpaired) electrons. The number of aromatic nitrogens is 1. The highest BCUT2D eigenvalue weighted by Crippen LogP contribution is 2.30. The van der Waals surface area contributed by atoms with E-state index >= 15 is 0 Å². The Labute approximate surface area is 130 Å². The molecule has 2 rings (SSSR count). The van der Waals surface area contributed by atoms with Gasteiger partial charge in [-0.05, 0) is 24.8 Å². The first-order valence-electron chi connectivity index (χ1n) is 5.91. The first-order valence-corrected chi connectivity index (χ1v) is 9.11. The number of rotatable bonds is 5. The van der Waals surface area contributed by atoms with Crippen LogP contribution in [0.2, 0.25) is 0 Å². The molecule has 2 aromatic rings. The van der Waals surface area contributed by atoms with Crippen molar-refractivity contribution in [1.82, 2.24) is 9.29 Å². The number of hydrogen-bond donors (Lipinski definition) is 1. The molecule has 2 heterocycles. The monoisotopic (exact) mass is 346 g/mol. The van der Waals surface area contributed by atoms with Crippen molar-refractivity contribution in [3.05, 3.63) is 31.9 Å². The van der Waals surface area contributed by atoms with E-state index in [-0.39, 0.29) is 16.3 Å². The zero-order valence-electron chi connectivity index (χ0n) is 11.7. The topological polar surface area (TPSA) is 87.6 Å². The zero-order valence-corrected chi connectivity index (χ0v) is 14.1. The Balaban J connectivity index is 2.40. The maximum atomic E-state index is 12.6. The molecule has 6 nitrogen and oxygen atoms in total. The van der Waals surface area contributed by atoms with Gasteiger partial charge in [0.1, 0.15) is 9.77 Å². The van der Waals surface area contributed by atoms with Crippen LogP contribution in [-0.2, 0) is 16.6 Å². The molecule has 0 aliphatic rings. The number of thiophene rings is 1.